The van der Waals surface area contributed by atoms with E-state index in [2.05, 4.69) is 162 Å². The molecule has 4 heteroatoms. The van der Waals surface area contributed by atoms with Gasteiger partial charge in [-0.25, -0.2) is 9.97 Å². The van der Waals surface area contributed by atoms with E-state index in [9.17, 15) is 0 Å². The van der Waals surface area contributed by atoms with E-state index in [1.54, 1.807) is 0 Å². The molecule has 10 aromatic rings. The summed E-state index contributed by atoms with van der Waals surface area (Å²) in [6.07, 6.45) is 2.01. The van der Waals surface area contributed by atoms with Gasteiger partial charge in [-0.05, 0) is 70.3 Å². The van der Waals surface area contributed by atoms with Gasteiger partial charge in [-0.1, -0.05) is 133 Å². The highest BCUT2D eigenvalue weighted by Gasteiger charge is 2.17. The lowest BCUT2D eigenvalue weighted by Gasteiger charge is -2.12. The third-order valence-electron chi connectivity index (χ3n) is 9.81. The first-order valence-electron chi connectivity index (χ1n) is 17.2. The molecule has 0 saturated carbocycles. The molecule has 0 aliphatic carbocycles. The molecule has 0 atom stereocenters. The Morgan fingerprint density at radius 1 is 0.353 bits per heavy atom. The molecule has 3 heterocycles. The third kappa shape index (κ3) is 4.96. The van der Waals surface area contributed by atoms with E-state index in [1.807, 2.05) is 24.4 Å². The fourth-order valence-corrected chi connectivity index (χ4v) is 7.43. The van der Waals surface area contributed by atoms with Crippen LogP contribution in [-0.2, 0) is 0 Å². The monoisotopic (exact) mass is 650 g/mol. The first-order chi connectivity index (χ1) is 25.3. The molecule has 0 amide bonds. The summed E-state index contributed by atoms with van der Waals surface area (Å²) in [5.74, 6) is 0.703. The van der Waals surface area contributed by atoms with Crippen LogP contribution in [0.15, 0.2) is 182 Å². The highest BCUT2D eigenvalue weighted by atomic mass is 14.9. The van der Waals surface area contributed by atoms with Crippen LogP contribution in [0, 0.1) is 0 Å². The van der Waals surface area contributed by atoms with Crippen molar-refractivity contribution in [3.63, 3.8) is 0 Å². The van der Waals surface area contributed by atoms with Crippen molar-refractivity contribution >= 4 is 38.4 Å². The van der Waals surface area contributed by atoms with Crippen molar-refractivity contribution in [2.75, 3.05) is 0 Å². The topological polar surface area (TPSA) is 43.1 Å². The first-order valence-corrected chi connectivity index (χ1v) is 17.2. The maximum absolute atomic E-state index is 5.24. The molecule has 0 N–H and O–H groups in total. The fourth-order valence-electron chi connectivity index (χ4n) is 7.43. The number of nitrogens with zero attached hydrogens (tertiary/aromatic N) is 4. The predicted octanol–water partition coefficient (Wildman–Crippen LogP) is 11.9. The van der Waals surface area contributed by atoms with Gasteiger partial charge in [0.15, 0.2) is 5.82 Å². The second-order valence-corrected chi connectivity index (χ2v) is 12.9. The molecule has 0 fully saturated rings. The van der Waals surface area contributed by atoms with Crippen molar-refractivity contribution in [3.8, 4) is 56.0 Å². The van der Waals surface area contributed by atoms with Crippen molar-refractivity contribution < 1.29 is 0 Å². The molecule has 51 heavy (non-hydrogen) atoms. The van der Waals surface area contributed by atoms with Crippen LogP contribution in [0.3, 0.4) is 0 Å². The molecule has 7 aromatic carbocycles. The summed E-state index contributed by atoms with van der Waals surface area (Å²) in [5.41, 5.74) is 15.1. The van der Waals surface area contributed by atoms with Gasteiger partial charge in [0.05, 0.1) is 39.5 Å². The molecule has 0 aliphatic rings. The van der Waals surface area contributed by atoms with E-state index in [0.29, 0.717) is 5.82 Å². The van der Waals surface area contributed by atoms with Crippen LogP contribution in [0.4, 0.5) is 0 Å². The molecule has 10 rings (SSSR count). The maximum atomic E-state index is 5.24. The number of rotatable bonds is 5. The van der Waals surface area contributed by atoms with E-state index in [1.165, 1.54) is 22.0 Å². The number of fused-ring (bicyclic) bond motifs is 6. The predicted molar refractivity (Wildman–Crippen MR) is 210 cm³/mol. The molecule has 0 saturated heterocycles. The standard InChI is InChI=1S/C47H30N4/c1-2-13-31(14-3-1)32-15-11-19-36(28-32)46-38-21-4-6-23-40(38)49-47(50-46)37-20-12-17-34(29-37)33-16-10-18-35(27-33)45-39-22-5-8-25-42(39)51-43-26-9-7-24-41(43)48-30-44(45)51/h1-30H. The highest BCUT2D eigenvalue weighted by Crippen LogP contribution is 2.39. The van der Waals surface area contributed by atoms with Crippen molar-refractivity contribution in [1.29, 1.82) is 0 Å². The normalized spacial score (nSPS) is 11.5. The van der Waals surface area contributed by atoms with Crippen LogP contribution in [0.2, 0.25) is 0 Å². The minimum Gasteiger partial charge on any atom is -0.306 e. The zero-order valence-electron chi connectivity index (χ0n) is 27.6. The number of hydrogen-bond acceptors (Lipinski definition) is 3. The second kappa shape index (κ2) is 11.9. The maximum Gasteiger partial charge on any atom is 0.160 e. The smallest absolute Gasteiger partial charge is 0.160 e. The SMILES string of the molecule is c1ccc(-c2cccc(-c3nc(-c4cccc(-c5cccc(-c6c7ccccc7n7c6cnc6ccccc67)c5)c4)nc4ccccc34)c2)cc1. The lowest BCUT2D eigenvalue weighted by atomic mass is 9.96. The summed E-state index contributed by atoms with van der Waals surface area (Å²) >= 11 is 0. The molecule has 0 spiro atoms. The van der Waals surface area contributed by atoms with Crippen molar-refractivity contribution in [2.45, 2.75) is 0 Å². The second-order valence-electron chi connectivity index (χ2n) is 12.9. The van der Waals surface area contributed by atoms with Crippen molar-refractivity contribution in [3.05, 3.63) is 182 Å². The van der Waals surface area contributed by atoms with Gasteiger partial charge < -0.3 is 4.40 Å². The largest absolute Gasteiger partial charge is 0.306 e. The zero-order valence-corrected chi connectivity index (χ0v) is 27.6. The summed E-state index contributed by atoms with van der Waals surface area (Å²) < 4.78 is 2.34. The quantitative estimate of drug-likeness (QED) is 0.186. The summed E-state index contributed by atoms with van der Waals surface area (Å²) in [6, 6.07) is 61.7. The van der Waals surface area contributed by atoms with E-state index in [-0.39, 0.29) is 0 Å². The van der Waals surface area contributed by atoms with Gasteiger partial charge >= 0.3 is 0 Å². The Morgan fingerprint density at radius 3 is 1.71 bits per heavy atom. The van der Waals surface area contributed by atoms with Crippen LogP contribution < -0.4 is 0 Å². The average Bonchev–Trinajstić information content (AvgIpc) is 3.56. The Hall–Kier alpha value is -6.91. The Morgan fingerprint density at radius 2 is 0.902 bits per heavy atom. The Kier molecular flexibility index (Phi) is 6.78. The number of para-hydroxylation sites is 4. The zero-order chi connectivity index (χ0) is 33.7. The van der Waals surface area contributed by atoms with Crippen LogP contribution in [0.1, 0.15) is 0 Å². The lowest BCUT2D eigenvalue weighted by molar-refractivity contribution is 1.23. The van der Waals surface area contributed by atoms with Gasteiger partial charge in [0.25, 0.3) is 0 Å². The minimum absolute atomic E-state index is 0.703. The molecule has 0 aliphatic heterocycles. The minimum atomic E-state index is 0.703. The average molecular weight is 651 g/mol. The summed E-state index contributed by atoms with van der Waals surface area (Å²) in [7, 11) is 0. The first kappa shape index (κ1) is 29.0. The molecule has 0 radical (unpaired) electrons. The van der Waals surface area contributed by atoms with Gasteiger partial charge in [-0.15, -0.1) is 0 Å². The molecule has 4 nitrogen and oxygen atoms in total. The van der Waals surface area contributed by atoms with E-state index >= 15 is 0 Å². The van der Waals surface area contributed by atoms with Gasteiger partial charge in [0.1, 0.15) is 0 Å². The molecule has 238 valence electrons. The number of aromatic nitrogens is 4. The Labute approximate surface area is 295 Å². The summed E-state index contributed by atoms with van der Waals surface area (Å²) in [6.45, 7) is 0. The van der Waals surface area contributed by atoms with Crippen molar-refractivity contribution in [2.24, 2.45) is 0 Å². The number of hydrogen-bond donors (Lipinski definition) is 0. The van der Waals surface area contributed by atoms with E-state index in [0.717, 1.165) is 66.5 Å². The van der Waals surface area contributed by atoms with Crippen LogP contribution in [0.25, 0.3) is 94.4 Å². The fraction of sp³-hybridized carbons (Fsp3) is 0. The summed E-state index contributed by atoms with van der Waals surface area (Å²) in [4.78, 5) is 15.2. The molecule has 0 unspecified atom stereocenters. The Bertz CT molecular complexity index is 2920. The van der Waals surface area contributed by atoms with Gasteiger partial charge in [0.2, 0.25) is 0 Å². The van der Waals surface area contributed by atoms with E-state index < -0.39 is 0 Å². The van der Waals surface area contributed by atoms with Crippen LogP contribution in [-0.4, -0.2) is 19.4 Å². The van der Waals surface area contributed by atoms with Crippen LogP contribution >= 0.6 is 0 Å². The van der Waals surface area contributed by atoms with E-state index in [4.69, 9.17) is 15.0 Å². The molecule has 3 aromatic heterocycles. The lowest BCUT2D eigenvalue weighted by Crippen LogP contribution is -1.95. The Balaban J connectivity index is 1.09. The molecule has 0 bridgehead atoms. The summed E-state index contributed by atoms with van der Waals surface area (Å²) in [5, 5.41) is 2.24. The molecular formula is C47H30N4. The van der Waals surface area contributed by atoms with Gasteiger partial charge in [-0.3, -0.25) is 4.98 Å². The highest BCUT2D eigenvalue weighted by molar-refractivity contribution is 6.08. The van der Waals surface area contributed by atoms with Gasteiger partial charge in [0, 0.05) is 27.5 Å². The van der Waals surface area contributed by atoms with Crippen molar-refractivity contribution in [1.82, 2.24) is 19.4 Å². The van der Waals surface area contributed by atoms with Crippen LogP contribution in [0.5, 0.6) is 0 Å². The number of benzene rings is 7. The van der Waals surface area contributed by atoms with Gasteiger partial charge in [-0.2, -0.15) is 0 Å². The third-order valence-corrected chi connectivity index (χ3v) is 9.81. The molecular weight excluding hydrogens is 621 g/mol.